The van der Waals surface area contributed by atoms with Crippen LogP contribution in [0.5, 0.6) is 0 Å². The van der Waals surface area contributed by atoms with Crippen molar-refractivity contribution in [2.75, 3.05) is 18.0 Å². The van der Waals surface area contributed by atoms with Crippen LogP contribution in [0.3, 0.4) is 0 Å². The Morgan fingerprint density at radius 2 is 1.96 bits per heavy atom. The molecule has 0 saturated carbocycles. The molecule has 2 atom stereocenters. The van der Waals surface area contributed by atoms with Crippen LogP contribution in [0.15, 0.2) is 30.5 Å². The first-order chi connectivity index (χ1) is 13.4. The topological polar surface area (TPSA) is 56.1 Å². The van der Waals surface area contributed by atoms with E-state index in [2.05, 4.69) is 53.8 Å². The lowest BCUT2D eigenvalue weighted by molar-refractivity contribution is 0.121. The monoisotopic (exact) mass is 381 g/mol. The number of benzene rings is 1. The van der Waals surface area contributed by atoms with E-state index in [4.69, 9.17) is 0 Å². The van der Waals surface area contributed by atoms with Crippen molar-refractivity contribution in [3.05, 3.63) is 53.1 Å². The van der Waals surface area contributed by atoms with Crippen LogP contribution in [-0.4, -0.2) is 40.3 Å². The van der Waals surface area contributed by atoms with Gasteiger partial charge < -0.3 is 4.90 Å². The molecule has 1 saturated heterocycles. The van der Waals surface area contributed by atoms with E-state index in [-0.39, 0.29) is 17.6 Å². The van der Waals surface area contributed by atoms with Crippen LogP contribution in [0.4, 0.5) is 10.1 Å². The average Bonchev–Trinajstić information content (AvgIpc) is 2.64. The lowest BCUT2D eigenvalue weighted by atomic mass is 9.98. The zero-order valence-corrected chi connectivity index (χ0v) is 17.1. The summed E-state index contributed by atoms with van der Waals surface area (Å²) in [7, 11) is 0. The van der Waals surface area contributed by atoms with E-state index in [0.717, 1.165) is 43.0 Å². The van der Waals surface area contributed by atoms with Gasteiger partial charge in [-0.25, -0.2) is 4.39 Å². The normalized spacial score (nSPS) is 20.4. The summed E-state index contributed by atoms with van der Waals surface area (Å²) < 4.78 is 14.6. The highest BCUT2D eigenvalue weighted by Crippen LogP contribution is 2.30. The van der Waals surface area contributed by atoms with Crippen LogP contribution in [0, 0.1) is 23.1 Å². The molecule has 0 radical (unpaired) electrons. The van der Waals surface area contributed by atoms with Gasteiger partial charge in [-0.15, -0.1) is 0 Å². The third-order valence-electron chi connectivity index (χ3n) is 5.30. The maximum absolute atomic E-state index is 14.6. The molecule has 0 amide bonds. The Kier molecular flexibility index (Phi) is 6.25. The summed E-state index contributed by atoms with van der Waals surface area (Å²) in [6.07, 6.45) is 2.48. The molecule has 28 heavy (non-hydrogen) atoms. The predicted molar refractivity (Wildman–Crippen MR) is 108 cm³/mol. The maximum atomic E-state index is 14.6. The van der Waals surface area contributed by atoms with Gasteiger partial charge in [-0.05, 0) is 56.0 Å². The van der Waals surface area contributed by atoms with Crippen molar-refractivity contribution < 1.29 is 4.39 Å². The van der Waals surface area contributed by atoms with Crippen molar-refractivity contribution in [3.63, 3.8) is 0 Å². The van der Waals surface area contributed by atoms with E-state index < -0.39 is 5.82 Å². The number of hydrogen-bond acceptors (Lipinski definition) is 5. The van der Waals surface area contributed by atoms with Crippen LogP contribution in [0.1, 0.15) is 44.5 Å². The van der Waals surface area contributed by atoms with E-state index >= 15 is 0 Å². The van der Waals surface area contributed by atoms with Gasteiger partial charge in [0.25, 0.3) is 0 Å². The minimum Gasteiger partial charge on any atom is -0.367 e. The van der Waals surface area contributed by atoms with Crippen molar-refractivity contribution in [2.45, 2.75) is 52.7 Å². The SMILES string of the molecule is CC(C)Cc1cc(F)c(C#N)c(N2C[C@H](C)N(Cc3cccnn3)[C@@H](C)C2)c1. The number of nitrogens with zero attached hydrogens (tertiary/aromatic N) is 5. The first kappa shape index (κ1) is 20.2. The molecule has 0 N–H and O–H groups in total. The molecular weight excluding hydrogens is 353 g/mol. The fourth-order valence-corrected chi connectivity index (χ4v) is 4.07. The summed E-state index contributed by atoms with van der Waals surface area (Å²) in [5.41, 5.74) is 2.76. The Hall–Kier alpha value is -2.52. The lowest BCUT2D eigenvalue weighted by Gasteiger charge is -2.45. The molecule has 0 spiro atoms. The summed E-state index contributed by atoms with van der Waals surface area (Å²) in [6, 6.07) is 9.96. The van der Waals surface area contributed by atoms with Crippen molar-refractivity contribution in [1.29, 1.82) is 5.26 Å². The van der Waals surface area contributed by atoms with Gasteiger partial charge in [0, 0.05) is 37.9 Å². The van der Waals surface area contributed by atoms with E-state index in [1.165, 1.54) is 6.07 Å². The van der Waals surface area contributed by atoms with Gasteiger partial charge in [0.15, 0.2) is 0 Å². The smallest absolute Gasteiger partial charge is 0.143 e. The van der Waals surface area contributed by atoms with Crippen LogP contribution >= 0.6 is 0 Å². The minimum atomic E-state index is -0.419. The van der Waals surface area contributed by atoms with Crippen molar-refractivity contribution in [3.8, 4) is 6.07 Å². The number of hydrogen-bond donors (Lipinski definition) is 0. The van der Waals surface area contributed by atoms with E-state index in [0.29, 0.717) is 5.92 Å². The number of anilines is 1. The van der Waals surface area contributed by atoms with E-state index in [1.54, 1.807) is 6.20 Å². The fraction of sp³-hybridized carbons (Fsp3) is 0.500. The molecule has 148 valence electrons. The second kappa shape index (κ2) is 8.66. The maximum Gasteiger partial charge on any atom is 0.143 e. The molecule has 0 bridgehead atoms. The first-order valence-corrected chi connectivity index (χ1v) is 9.88. The zero-order chi connectivity index (χ0) is 20.3. The zero-order valence-electron chi connectivity index (χ0n) is 17.1. The second-order valence-electron chi connectivity index (χ2n) is 8.17. The molecule has 1 aliphatic rings. The molecule has 1 aromatic heterocycles. The molecule has 1 fully saturated rings. The Morgan fingerprint density at radius 1 is 1.25 bits per heavy atom. The molecule has 6 heteroatoms. The third kappa shape index (κ3) is 4.48. The quantitative estimate of drug-likeness (QED) is 0.789. The van der Waals surface area contributed by atoms with Gasteiger partial charge >= 0.3 is 0 Å². The Labute approximate surface area is 166 Å². The molecule has 1 aromatic carbocycles. The van der Waals surface area contributed by atoms with Gasteiger partial charge in [-0.3, -0.25) is 4.90 Å². The van der Waals surface area contributed by atoms with Crippen molar-refractivity contribution in [1.82, 2.24) is 15.1 Å². The summed E-state index contributed by atoms with van der Waals surface area (Å²) in [5.74, 6) is 0.0137. The molecule has 0 aliphatic carbocycles. The second-order valence-corrected chi connectivity index (χ2v) is 8.17. The number of rotatable bonds is 5. The number of nitriles is 1. The van der Waals surface area contributed by atoms with E-state index in [9.17, 15) is 9.65 Å². The first-order valence-electron chi connectivity index (χ1n) is 9.88. The number of halogens is 1. The van der Waals surface area contributed by atoms with Gasteiger partial charge in [-0.1, -0.05) is 13.8 Å². The van der Waals surface area contributed by atoms with Gasteiger partial charge in [0.1, 0.15) is 17.4 Å². The summed E-state index contributed by atoms with van der Waals surface area (Å²) in [6.45, 7) is 10.8. The molecule has 3 rings (SSSR count). The highest BCUT2D eigenvalue weighted by Gasteiger charge is 2.31. The third-order valence-corrected chi connectivity index (χ3v) is 5.30. The molecule has 5 nitrogen and oxygen atoms in total. The highest BCUT2D eigenvalue weighted by molar-refractivity contribution is 5.62. The van der Waals surface area contributed by atoms with Gasteiger partial charge in [0.05, 0.1) is 11.4 Å². The van der Waals surface area contributed by atoms with Crippen LogP contribution in [-0.2, 0) is 13.0 Å². The van der Waals surface area contributed by atoms with Crippen LogP contribution in [0.2, 0.25) is 0 Å². The largest absolute Gasteiger partial charge is 0.367 e. The lowest BCUT2D eigenvalue weighted by Crippen LogP contribution is -2.56. The predicted octanol–water partition coefficient (Wildman–Crippen LogP) is 3.79. The Morgan fingerprint density at radius 3 is 2.54 bits per heavy atom. The molecule has 2 aromatic rings. The van der Waals surface area contributed by atoms with Gasteiger partial charge in [0.2, 0.25) is 0 Å². The van der Waals surface area contributed by atoms with E-state index in [1.807, 2.05) is 18.2 Å². The summed E-state index contributed by atoms with van der Waals surface area (Å²) >= 11 is 0. The number of piperazine rings is 1. The Balaban J connectivity index is 1.84. The van der Waals surface area contributed by atoms with Crippen LogP contribution < -0.4 is 4.90 Å². The molecule has 2 heterocycles. The minimum absolute atomic E-state index is 0.147. The molecular formula is C22H28FN5. The van der Waals surface area contributed by atoms with Crippen molar-refractivity contribution >= 4 is 5.69 Å². The average molecular weight is 381 g/mol. The molecule has 1 aliphatic heterocycles. The Bertz CT molecular complexity index is 834. The number of aromatic nitrogens is 2. The fourth-order valence-electron chi connectivity index (χ4n) is 4.07. The highest BCUT2D eigenvalue weighted by atomic mass is 19.1. The molecule has 0 unspecified atom stereocenters. The summed E-state index contributed by atoms with van der Waals surface area (Å²) in [5, 5.41) is 17.7. The van der Waals surface area contributed by atoms with Crippen LogP contribution in [0.25, 0.3) is 0 Å². The van der Waals surface area contributed by atoms with Gasteiger partial charge in [-0.2, -0.15) is 15.5 Å². The standard InChI is InChI=1S/C22H28FN5/c1-15(2)8-18-9-21(23)20(11-24)22(10-18)27-12-16(3)28(17(4)13-27)14-19-6-5-7-25-26-19/h5-7,9-10,15-17H,8,12-14H2,1-4H3/t16-,17-/m0/s1. The van der Waals surface area contributed by atoms with Crippen molar-refractivity contribution in [2.24, 2.45) is 5.92 Å². The summed E-state index contributed by atoms with van der Waals surface area (Å²) in [4.78, 5) is 4.55.